The zero-order chi connectivity index (χ0) is 22.5. The third kappa shape index (κ3) is 6.52. The van der Waals surface area contributed by atoms with Crippen LogP contribution in [-0.2, 0) is 0 Å². The van der Waals surface area contributed by atoms with E-state index in [1.807, 2.05) is 18.2 Å². The van der Waals surface area contributed by atoms with Crippen LogP contribution in [0.3, 0.4) is 0 Å². The van der Waals surface area contributed by atoms with E-state index in [2.05, 4.69) is 88.3 Å². The predicted molar refractivity (Wildman–Crippen MR) is 139 cm³/mol. The molecule has 2 aliphatic rings. The SMILES string of the molecule is C[C@@H]1CN(c2ccc(Br)cc2)[C@@H](C)CN1.C[C@@H]1CNC[C@H](C)N1c1ccc(Cl)c(Cl)c1. The minimum atomic E-state index is 0.473. The first-order chi connectivity index (χ1) is 14.8. The van der Waals surface area contributed by atoms with E-state index in [1.165, 1.54) is 5.69 Å². The summed E-state index contributed by atoms with van der Waals surface area (Å²) < 4.78 is 1.14. The Bertz CT molecular complexity index is 838. The number of nitrogens with zero attached hydrogens (tertiary/aromatic N) is 2. The molecule has 7 heteroatoms. The number of halogens is 3. The zero-order valence-electron chi connectivity index (χ0n) is 18.7. The molecule has 0 aromatic heterocycles. The molecule has 2 saturated heterocycles. The molecule has 2 aliphatic heterocycles. The van der Waals surface area contributed by atoms with Gasteiger partial charge < -0.3 is 20.4 Å². The molecule has 2 fully saturated rings. The second-order valence-electron chi connectivity index (χ2n) is 8.65. The first-order valence-corrected chi connectivity index (χ1v) is 12.5. The van der Waals surface area contributed by atoms with Crippen LogP contribution < -0.4 is 20.4 Å². The van der Waals surface area contributed by atoms with Crippen LogP contribution in [0.2, 0.25) is 10.0 Å². The lowest BCUT2D eigenvalue weighted by Gasteiger charge is -2.41. The molecule has 4 atom stereocenters. The van der Waals surface area contributed by atoms with Gasteiger partial charge in [0.1, 0.15) is 0 Å². The van der Waals surface area contributed by atoms with E-state index in [0.717, 1.165) is 36.3 Å². The molecule has 2 heterocycles. The Morgan fingerprint density at radius 2 is 1.42 bits per heavy atom. The van der Waals surface area contributed by atoms with Gasteiger partial charge in [-0.25, -0.2) is 0 Å². The maximum atomic E-state index is 6.05. The van der Waals surface area contributed by atoms with Gasteiger partial charge in [0.2, 0.25) is 0 Å². The van der Waals surface area contributed by atoms with Crippen molar-refractivity contribution in [3.63, 3.8) is 0 Å². The highest BCUT2D eigenvalue weighted by Crippen LogP contribution is 2.30. The number of benzene rings is 2. The highest BCUT2D eigenvalue weighted by atomic mass is 79.9. The Hall–Kier alpha value is -0.980. The predicted octanol–water partition coefficient (Wildman–Crippen LogP) is 5.82. The minimum Gasteiger partial charge on any atom is -0.366 e. The molecule has 0 radical (unpaired) electrons. The van der Waals surface area contributed by atoms with Crippen molar-refractivity contribution in [3.8, 4) is 0 Å². The van der Waals surface area contributed by atoms with Crippen LogP contribution in [0.15, 0.2) is 46.9 Å². The Morgan fingerprint density at radius 1 is 0.806 bits per heavy atom. The van der Waals surface area contributed by atoms with Crippen LogP contribution in [0.5, 0.6) is 0 Å². The summed E-state index contributed by atoms with van der Waals surface area (Å²) in [5.41, 5.74) is 2.47. The van der Waals surface area contributed by atoms with Crippen LogP contribution in [0, 0.1) is 0 Å². The molecule has 0 unspecified atom stereocenters. The van der Waals surface area contributed by atoms with E-state index in [9.17, 15) is 0 Å². The van der Waals surface area contributed by atoms with E-state index < -0.39 is 0 Å². The van der Waals surface area contributed by atoms with Crippen molar-refractivity contribution in [2.45, 2.75) is 51.9 Å². The molecular formula is C24H33BrCl2N4. The quantitative estimate of drug-likeness (QED) is 0.515. The third-order valence-electron chi connectivity index (χ3n) is 5.95. The van der Waals surface area contributed by atoms with E-state index >= 15 is 0 Å². The summed E-state index contributed by atoms with van der Waals surface area (Å²) in [7, 11) is 0. The molecule has 0 saturated carbocycles. The standard InChI is InChI=1S/C12H17BrN2.C12H16Cl2N2/c1-9-8-15(10(2)7-14-9)12-5-3-11(13)4-6-12;1-8-6-15-7-9(2)16(8)10-3-4-11(13)12(14)5-10/h3-6,9-10,14H,7-8H2,1-2H3;3-5,8-9,15H,6-7H2,1-2H3/t9-,10+;8-,9+/m1./s1. The van der Waals surface area contributed by atoms with Gasteiger partial charge in [0.15, 0.2) is 0 Å². The van der Waals surface area contributed by atoms with Crippen molar-refractivity contribution in [2.24, 2.45) is 0 Å². The lowest BCUT2D eigenvalue weighted by Crippen LogP contribution is -2.55. The summed E-state index contributed by atoms with van der Waals surface area (Å²) in [6.07, 6.45) is 0. The Morgan fingerprint density at radius 3 is 2.03 bits per heavy atom. The van der Waals surface area contributed by atoms with Crippen LogP contribution in [-0.4, -0.2) is 50.3 Å². The smallest absolute Gasteiger partial charge is 0.0612 e. The third-order valence-corrected chi connectivity index (χ3v) is 7.22. The van der Waals surface area contributed by atoms with Crippen molar-refractivity contribution in [1.29, 1.82) is 0 Å². The molecule has 2 N–H and O–H groups in total. The molecular weight excluding hydrogens is 495 g/mol. The Kier molecular flexibility index (Phi) is 8.94. The second-order valence-corrected chi connectivity index (χ2v) is 10.4. The molecule has 2 aromatic carbocycles. The first-order valence-electron chi connectivity index (χ1n) is 11.0. The van der Waals surface area contributed by atoms with Gasteiger partial charge in [-0.1, -0.05) is 39.1 Å². The average Bonchev–Trinajstić information content (AvgIpc) is 2.73. The molecule has 2 aromatic rings. The normalized spacial score (nSPS) is 26.3. The fraction of sp³-hybridized carbons (Fsp3) is 0.500. The lowest BCUT2D eigenvalue weighted by molar-refractivity contribution is 0.425. The van der Waals surface area contributed by atoms with E-state index in [1.54, 1.807) is 0 Å². The molecule has 4 rings (SSSR count). The summed E-state index contributed by atoms with van der Waals surface area (Å²) in [4.78, 5) is 4.85. The van der Waals surface area contributed by atoms with E-state index in [4.69, 9.17) is 23.2 Å². The molecule has 0 aliphatic carbocycles. The maximum absolute atomic E-state index is 6.05. The van der Waals surface area contributed by atoms with Crippen molar-refractivity contribution in [2.75, 3.05) is 36.0 Å². The van der Waals surface area contributed by atoms with Crippen LogP contribution in [0.1, 0.15) is 27.7 Å². The molecule has 0 bridgehead atoms. The molecule has 31 heavy (non-hydrogen) atoms. The minimum absolute atomic E-state index is 0.473. The van der Waals surface area contributed by atoms with Gasteiger partial charge in [0.05, 0.1) is 10.0 Å². The number of hydrogen-bond donors (Lipinski definition) is 2. The van der Waals surface area contributed by atoms with Gasteiger partial charge in [0, 0.05) is 66.2 Å². The average molecular weight is 528 g/mol. The van der Waals surface area contributed by atoms with Gasteiger partial charge in [0.25, 0.3) is 0 Å². The van der Waals surface area contributed by atoms with Crippen molar-refractivity contribution in [3.05, 3.63) is 57.0 Å². The Labute approximate surface area is 205 Å². The Balaban J connectivity index is 0.000000176. The van der Waals surface area contributed by atoms with Gasteiger partial charge in [-0.3, -0.25) is 0 Å². The second kappa shape index (κ2) is 11.2. The van der Waals surface area contributed by atoms with Gasteiger partial charge in [-0.2, -0.15) is 0 Å². The summed E-state index contributed by atoms with van der Waals surface area (Å²) in [6, 6.07) is 16.5. The summed E-state index contributed by atoms with van der Waals surface area (Å²) in [6.45, 7) is 13.1. The molecule has 0 spiro atoms. The number of anilines is 2. The fourth-order valence-electron chi connectivity index (χ4n) is 4.30. The van der Waals surface area contributed by atoms with Crippen molar-refractivity contribution >= 4 is 50.5 Å². The summed E-state index contributed by atoms with van der Waals surface area (Å²) >= 11 is 15.4. The number of nitrogens with one attached hydrogen (secondary N) is 2. The molecule has 0 amide bonds. The van der Waals surface area contributed by atoms with Crippen molar-refractivity contribution < 1.29 is 0 Å². The topological polar surface area (TPSA) is 30.5 Å². The highest BCUT2D eigenvalue weighted by Gasteiger charge is 2.25. The van der Waals surface area contributed by atoms with Crippen molar-refractivity contribution in [1.82, 2.24) is 10.6 Å². The lowest BCUT2D eigenvalue weighted by atomic mass is 10.1. The van der Waals surface area contributed by atoms with Crippen LogP contribution >= 0.6 is 39.1 Å². The number of rotatable bonds is 2. The molecule has 170 valence electrons. The summed E-state index contributed by atoms with van der Waals surface area (Å²) in [5.74, 6) is 0. The number of hydrogen-bond acceptors (Lipinski definition) is 4. The highest BCUT2D eigenvalue weighted by molar-refractivity contribution is 9.10. The van der Waals surface area contributed by atoms with E-state index in [0.29, 0.717) is 34.2 Å². The zero-order valence-corrected chi connectivity index (χ0v) is 21.8. The molecule has 4 nitrogen and oxygen atoms in total. The van der Waals surface area contributed by atoms with Gasteiger partial charge in [-0.15, -0.1) is 0 Å². The van der Waals surface area contributed by atoms with E-state index in [-0.39, 0.29) is 0 Å². The largest absolute Gasteiger partial charge is 0.366 e. The summed E-state index contributed by atoms with van der Waals surface area (Å²) in [5, 5.41) is 8.14. The van der Waals surface area contributed by atoms with Gasteiger partial charge >= 0.3 is 0 Å². The fourth-order valence-corrected chi connectivity index (χ4v) is 4.86. The first kappa shape index (κ1) is 24.7. The number of piperazine rings is 2. The maximum Gasteiger partial charge on any atom is 0.0612 e. The van der Waals surface area contributed by atoms with Crippen LogP contribution in [0.4, 0.5) is 11.4 Å². The monoisotopic (exact) mass is 526 g/mol. The van der Waals surface area contributed by atoms with Crippen LogP contribution in [0.25, 0.3) is 0 Å². The van der Waals surface area contributed by atoms with Gasteiger partial charge in [-0.05, 0) is 70.2 Å².